The third-order valence-corrected chi connectivity index (χ3v) is 3.00. The summed E-state index contributed by atoms with van der Waals surface area (Å²) in [5.41, 5.74) is 3.12. The molecule has 0 radical (unpaired) electrons. The Balaban J connectivity index is 2.05. The number of nitrogens with one attached hydrogen (secondary N) is 1. The quantitative estimate of drug-likeness (QED) is 0.801. The molecule has 0 amide bonds. The van der Waals surface area contributed by atoms with E-state index in [1.54, 1.807) is 4.68 Å². The number of rotatable bonds is 1. The topological polar surface area (TPSA) is 46.0 Å². The lowest BCUT2D eigenvalue weighted by atomic mass is 10.2. The van der Waals surface area contributed by atoms with Crippen molar-refractivity contribution in [2.24, 2.45) is 7.05 Å². The van der Waals surface area contributed by atoms with Crippen LogP contribution in [0.2, 0.25) is 0 Å². The molecule has 5 heteroatoms. The fourth-order valence-electron chi connectivity index (χ4n) is 2.06. The second-order valence-electron chi connectivity index (χ2n) is 4.32. The van der Waals surface area contributed by atoms with Crippen LogP contribution in [0, 0.1) is 0 Å². The van der Waals surface area contributed by atoms with Crippen molar-refractivity contribution in [3.8, 4) is 11.3 Å². The summed E-state index contributed by atoms with van der Waals surface area (Å²) < 4.78 is 1.79. The van der Waals surface area contributed by atoms with Crippen molar-refractivity contribution < 1.29 is 0 Å². The molecule has 2 aromatic rings. The normalized spacial score (nSPS) is 14.4. The Labute approximate surface area is 100 Å². The van der Waals surface area contributed by atoms with Crippen LogP contribution in [-0.2, 0) is 7.05 Å². The van der Waals surface area contributed by atoms with Crippen molar-refractivity contribution in [2.45, 2.75) is 0 Å². The molecule has 0 aliphatic carbocycles. The average Bonchev–Trinajstić information content (AvgIpc) is 2.76. The summed E-state index contributed by atoms with van der Waals surface area (Å²) in [6, 6.07) is 4.11. The van der Waals surface area contributed by atoms with Crippen LogP contribution in [0.5, 0.6) is 0 Å². The van der Waals surface area contributed by atoms with Gasteiger partial charge in [-0.1, -0.05) is 0 Å². The number of anilines is 2. The molecular weight excluding hydrogens is 214 g/mol. The van der Waals surface area contributed by atoms with E-state index in [0.29, 0.717) is 0 Å². The van der Waals surface area contributed by atoms with E-state index in [4.69, 9.17) is 0 Å². The van der Waals surface area contributed by atoms with Gasteiger partial charge >= 0.3 is 0 Å². The molecule has 0 saturated heterocycles. The van der Waals surface area contributed by atoms with E-state index in [9.17, 15) is 0 Å². The largest absolute Gasteiger partial charge is 0.380 e. The third kappa shape index (κ3) is 1.73. The summed E-state index contributed by atoms with van der Waals surface area (Å²) in [5.74, 6) is 1.01. The van der Waals surface area contributed by atoms with E-state index < -0.39 is 0 Å². The molecule has 3 rings (SSSR count). The van der Waals surface area contributed by atoms with E-state index in [0.717, 1.165) is 35.9 Å². The predicted molar refractivity (Wildman–Crippen MR) is 68.2 cm³/mol. The highest BCUT2D eigenvalue weighted by atomic mass is 15.2. The first-order chi connectivity index (χ1) is 8.24. The van der Waals surface area contributed by atoms with Gasteiger partial charge < -0.3 is 10.2 Å². The Bertz CT molecular complexity index is 546. The number of hydrogen-bond acceptors (Lipinski definition) is 4. The molecule has 0 spiro atoms. The maximum Gasteiger partial charge on any atom is 0.152 e. The zero-order valence-corrected chi connectivity index (χ0v) is 10.0. The smallest absolute Gasteiger partial charge is 0.152 e. The van der Waals surface area contributed by atoms with Gasteiger partial charge in [-0.3, -0.25) is 4.68 Å². The maximum absolute atomic E-state index is 4.69. The number of hydrogen-bond donors (Lipinski definition) is 1. The summed E-state index contributed by atoms with van der Waals surface area (Å²) in [6.07, 6.45) is 3.82. The first-order valence-electron chi connectivity index (χ1n) is 5.69. The third-order valence-electron chi connectivity index (χ3n) is 3.00. The van der Waals surface area contributed by atoms with E-state index in [1.165, 1.54) is 0 Å². The van der Waals surface area contributed by atoms with Gasteiger partial charge in [-0.05, 0) is 12.1 Å². The lowest BCUT2D eigenvalue weighted by Gasteiger charge is -2.27. The highest BCUT2D eigenvalue weighted by molar-refractivity contribution is 5.72. The van der Waals surface area contributed by atoms with Crippen LogP contribution in [0.15, 0.2) is 24.5 Å². The van der Waals surface area contributed by atoms with Crippen molar-refractivity contribution in [1.82, 2.24) is 14.8 Å². The zero-order chi connectivity index (χ0) is 11.8. The molecule has 17 heavy (non-hydrogen) atoms. The summed E-state index contributed by atoms with van der Waals surface area (Å²) in [5, 5.41) is 7.52. The van der Waals surface area contributed by atoms with Crippen LogP contribution < -0.4 is 10.2 Å². The zero-order valence-electron chi connectivity index (χ0n) is 10.0. The van der Waals surface area contributed by atoms with Gasteiger partial charge in [0.15, 0.2) is 5.82 Å². The Morgan fingerprint density at radius 1 is 1.29 bits per heavy atom. The van der Waals surface area contributed by atoms with Crippen LogP contribution in [0.4, 0.5) is 11.5 Å². The second kappa shape index (κ2) is 3.76. The van der Waals surface area contributed by atoms with Gasteiger partial charge in [-0.2, -0.15) is 5.10 Å². The SMILES string of the molecule is CN1CCNc2ccc(-c3cnn(C)c3)nc21. The molecule has 3 heterocycles. The van der Waals surface area contributed by atoms with Gasteiger partial charge in [-0.25, -0.2) is 4.98 Å². The average molecular weight is 229 g/mol. The highest BCUT2D eigenvalue weighted by Crippen LogP contribution is 2.28. The van der Waals surface area contributed by atoms with Crippen LogP contribution in [-0.4, -0.2) is 34.9 Å². The first-order valence-corrected chi connectivity index (χ1v) is 5.69. The fourth-order valence-corrected chi connectivity index (χ4v) is 2.06. The van der Waals surface area contributed by atoms with Crippen LogP contribution in [0.25, 0.3) is 11.3 Å². The molecule has 5 nitrogen and oxygen atoms in total. The van der Waals surface area contributed by atoms with Crippen molar-refractivity contribution in [3.63, 3.8) is 0 Å². The standard InChI is InChI=1S/C12H15N5/c1-16-6-5-13-11-4-3-10(15-12(11)16)9-7-14-17(2)8-9/h3-4,7-8,13H,5-6H2,1-2H3. The number of aromatic nitrogens is 3. The summed E-state index contributed by atoms with van der Waals surface area (Å²) >= 11 is 0. The molecule has 0 saturated carbocycles. The first kappa shape index (κ1) is 10.1. The van der Waals surface area contributed by atoms with Crippen molar-refractivity contribution in [1.29, 1.82) is 0 Å². The van der Waals surface area contributed by atoms with Crippen LogP contribution in [0.3, 0.4) is 0 Å². The Morgan fingerprint density at radius 3 is 2.94 bits per heavy atom. The predicted octanol–water partition coefficient (Wildman–Crippen LogP) is 1.34. The fraction of sp³-hybridized carbons (Fsp3) is 0.333. The number of fused-ring (bicyclic) bond motifs is 1. The Hall–Kier alpha value is -2.04. The van der Waals surface area contributed by atoms with E-state index in [-0.39, 0.29) is 0 Å². The van der Waals surface area contributed by atoms with E-state index in [1.807, 2.05) is 25.5 Å². The molecule has 1 N–H and O–H groups in total. The summed E-state index contributed by atoms with van der Waals surface area (Å²) in [6.45, 7) is 1.95. The van der Waals surface area contributed by atoms with Crippen molar-refractivity contribution in [2.75, 3.05) is 30.4 Å². The molecule has 2 aromatic heterocycles. The van der Waals surface area contributed by atoms with Gasteiger partial charge in [0, 0.05) is 38.9 Å². The molecule has 0 unspecified atom stereocenters. The summed E-state index contributed by atoms with van der Waals surface area (Å²) in [7, 11) is 3.98. The number of likely N-dealkylation sites (N-methyl/N-ethyl adjacent to an activating group) is 1. The van der Waals surface area contributed by atoms with Gasteiger partial charge in [0.1, 0.15) is 0 Å². The van der Waals surface area contributed by atoms with Crippen LogP contribution >= 0.6 is 0 Å². The monoisotopic (exact) mass is 229 g/mol. The Kier molecular flexibility index (Phi) is 2.24. The molecule has 1 aliphatic rings. The van der Waals surface area contributed by atoms with Gasteiger partial charge in [0.2, 0.25) is 0 Å². The lowest BCUT2D eigenvalue weighted by Crippen LogP contribution is -2.31. The minimum atomic E-state index is 0.965. The highest BCUT2D eigenvalue weighted by Gasteiger charge is 2.15. The molecule has 0 aromatic carbocycles. The number of aryl methyl sites for hydroxylation is 1. The minimum absolute atomic E-state index is 0.965. The molecule has 1 aliphatic heterocycles. The molecule has 0 fully saturated rings. The van der Waals surface area contributed by atoms with E-state index in [2.05, 4.69) is 33.4 Å². The summed E-state index contributed by atoms with van der Waals surface area (Å²) in [4.78, 5) is 6.86. The van der Waals surface area contributed by atoms with Crippen molar-refractivity contribution in [3.05, 3.63) is 24.5 Å². The molecular formula is C12H15N5. The van der Waals surface area contributed by atoms with E-state index >= 15 is 0 Å². The Morgan fingerprint density at radius 2 is 2.18 bits per heavy atom. The van der Waals surface area contributed by atoms with Gasteiger partial charge in [-0.15, -0.1) is 0 Å². The van der Waals surface area contributed by atoms with Gasteiger partial charge in [0.25, 0.3) is 0 Å². The lowest BCUT2D eigenvalue weighted by molar-refractivity contribution is 0.768. The second-order valence-corrected chi connectivity index (χ2v) is 4.32. The minimum Gasteiger partial charge on any atom is -0.380 e. The molecule has 88 valence electrons. The maximum atomic E-state index is 4.69. The molecule has 0 bridgehead atoms. The van der Waals surface area contributed by atoms with Crippen molar-refractivity contribution >= 4 is 11.5 Å². The number of pyridine rings is 1. The van der Waals surface area contributed by atoms with Gasteiger partial charge in [0.05, 0.1) is 17.6 Å². The molecule has 0 atom stereocenters. The number of nitrogens with zero attached hydrogens (tertiary/aromatic N) is 4. The van der Waals surface area contributed by atoms with Crippen LogP contribution in [0.1, 0.15) is 0 Å².